The van der Waals surface area contributed by atoms with Crippen molar-refractivity contribution in [1.29, 1.82) is 0 Å². The number of hydrogen-bond acceptors (Lipinski definition) is 6. The fraction of sp³-hybridized carbons (Fsp3) is 0.350. The Morgan fingerprint density at radius 3 is 2.75 bits per heavy atom. The molecule has 144 valence electrons. The van der Waals surface area contributed by atoms with Gasteiger partial charge in [0.1, 0.15) is 6.04 Å². The maximum atomic E-state index is 13.0. The second-order valence-corrected chi connectivity index (χ2v) is 6.97. The lowest BCUT2D eigenvalue weighted by atomic mass is 10.1. The number of aryl methyl sites for hydroxylation is 1. The minimum absolute atomic E-state index is 0.348. The van der Waals surface area contributed by atoms with Crippen molar-refractivity contribution in [2.75, 3.05) is 7.11 Å². The van der Waals surface area contributed by atoms with E-state index in [1.165, 1.54) is 7.11 Å². The van der Waals surface area contributed by atoms with E-state index in [-0.39, 0.29) is 5.91 Å². The van der Waals surface area contributed by atoms with Crippen LogP contribution in [0.25, 0.3) is 16.9 Å². The molecule has 1 fully saturated rings. The Morgan fingerprint density at radius 1 is 1.32 bits per heavy atom. The molecule has 3 aromatic rings. The third-order valence-corrected chi connectivity index (χ3v) is 4.84. The van der Waals surface area contributed by atoms with Crippen LogP contribution in [0.4, 0.5) is 0 Å². The van der Waals surface area contributed by atoms with Gasteiger partial charge in [0.25, 0.3) is 5.91 Å². The molecule has 1 aliphatic carbocycles. The molecule has 0 unspecified atom stereocenters. The smallest absolute Gasteiger partial charge is 0.328 e. The average Bonchev–Trinajstić information content (AvgIpc) is 3.51. The number of aromatic nitrogens is 4. The van der Waals surface area contributed by atoms with Gasteiger partial charge in [-0.25, -0.2) is 14.8 Å². The molecular formula is C20H21N5O3. The maximum absolute atomic E-state index is 13.0. The first kappa shape index (κ1) is 18.1. The van der Waals surface area contributed by atoms with Crippen LogP contribution in [0.5, 0.6) is 0 Å². The van der Waals surface area contributed by atoms with Crippen LogP contribution in [-0.2, 0) is 9.53 Å². The van der Waals surface area contributed by atoms with Gasteiger partial charge < -0.3 is 10.1 Å². The molecule has 0 aromatic carbocycles. The van der Waals surface area contributed by atoms with Crippen molar-refractivity contribution in [2.24, 2.45) is 0 Å². The van der Waals surface area contributed by atoms with Gasteiger partial charge in [-0.05, 0) is 44.9 Å². The summed E-state index contributed by atoms with van der Waals surface area (Å²) in [4.78, 5) is 33.8. The fourth-order valence-corrected chi connectivity index (χ4v) is 3.22. The predicted octanol–water partition coefficient (Wildman–Crippen LogP) is 2.29. The normalized spacial score (nSPS) is 14.7. The van der Waals surface area contributed by atoms with E-state index in [0.717, 1.165) is 18.5 Å². The van der Waals surface area contributed by atoms with Crippen molar-refractivity contribution in [3.63, 3.8) is 0 Å². The third kappa shape index (κ3) is 3.21. The van der Waals surface area contributed by atoms with Crippen LogP contribution in [0.1, 0.15) is 47.4 Å². The quantitative estimate of drug-likeness (QED) is 0.683. The van der Waals surface area contributed by atoms with Crippen LogP contribution in [0, 0.1) is 6.92 Å². The molecule has 8 nitrogen and oxygen atoms in total. The predicted molar refractivity (Wildman–Crippen MR) is 102 cm³/mol. The van der Waals surface area contributed by atoms with E-state index in [2.05, 4.69) is 15.4 Å². The average molecular weight is 379 g/mol. The molecule has 3 aromatic heterocycles. The minimum atomic E-state index is -0.753. The van der Waals surface area contributed by atoms with Crippen LogP contribution in [0.15, 0.2) is 30.5 Å². The fourth-order valence-electron chi connectivity index (χ4n) is 3.22. The molecule has 0 aliphatic heterocycles. The van der Waals surface area contributed by atoms with E-state index in [4.69, 9.17) is 9.72 Å². The Morgan fingerprint density at radius 2 is 2.11 bits per heavy atom. The van der Waals surface area contributed by atoms with Crippen molar-refractivity contribution in [2.45, 2.75) is 38.6 Å². The number of rotatable bonds is 5. The summed E-state index contributed by atoms with van der Waals surface area (Å²) in [6, 6.07) is 6.61. The number of pyridine rings is 2. The molecule has 0 radical (unpaired) electrons. The Kier molecular flexibility index (Phi) is 4.54. The van der Waals surface area contributed by atoms with Gasteiger partial charge in [0.15, 0.2) is 11.5 Å². The van der Waals surface area contributed by atoms with Gasteiger partial charge in [0.2, 0.25) is 0 Å². The summed E-state index contributed by atoms with van der Waals surface area (Å²) in [5.41, 5.74) is 2.59. The molecule has 28 heavy (non-hydrogen) atoms. The summed E-state index contributed by atoms with van der Waals surface area (Å²) in [7, 11) is 1.29. The third-order valence-electron chi connectivity index (χ3n) is 4.84. The number of nitrogens with one attached hydrogen (secondary N) is 1. The number of carbonyl (C=O) groups excluding carboxylic acids is 2. The molecule has 0 bridgehead atoms. The first-order valence-corrected chi connectivity index (χ1v) is 9.20. The molecule has 1 N–H and O–H groups in total. The molecule has 0 spiro atoms. The zero-order valence-electron chi connectivity index (χ0n) is 16.0. The molecule has 0 saturated heterocycles. The Hall–Kier alpha value is -3.29. The van der Waals surface area contributed by atoms with Crippen molar-refractivity contribution >= 4 is 22.9 Å². The van der Waals surface area contributed by atoms with E-state index < -0.39 is 12.0 Å². The van der Waals surface area contributed by atoms with Gasteiger partial charge in [0, 0.05) is 17.8 Å². The maximum Gasteiger partial charge on any atom is 0.328 e. The lowest BCUT2D eigenvalue weighted by Gasteiger charge is -2.13. The largest absolute Gasteiger partial charge is 0.467 e. The molecule has 1 amide bonds. The highest BCUT2D eigenvalue weighted by Crippen LogP contribution is 2.40. The van der Waals surface area contributed by atoms with Gasteiger partial charge in [-0.2, -0.15) is 9.78 Å². The summed E-state index contributed by atoms with van der Waals surface area (Å²) in [6.07, 6.45) is 3.79. The number of methoxy groups -OCH3 is 1. The van der Waals surface area contributed by atoms with E-state index in [1.807, 2.05) is 31.2 Å². The van der Waals surface area contributed by atoms with E-state index in [9.17, 15) is 9.59 Å². The van der Waals surface area contributed by atoms with Crippen molar-refractivity contribution in [1.82, 2.24) is 25.1 Å². The summed E-state index contributed by atoms with van der Waals surface area (Å²) in [5, 5.41) is 7.94. The number of fused-ring (bicyclic) bond motifs is 1. The zero-order valence-corrected chi connectivity index (χ0v) is 16.0. The summed E-state index contributed by atoms with van der Waals surface area (Å²) in [6.45, 7) is 3.43. The van der Waals surface area contributed by atoms with Gasteiger partial charge in [-0.15, -0.1) is 0 Å². The second-order valence-electron chi connectivity index (χ2n) is 6.97. The highest BCUT2D eigenvalue weighted by molar-refractivity contribution is 6.07. The first-order chi connectivity index (χ1) is 13.5. The van der Waals surface area contributed by atoms with Crippen molar-refractivity contribution in [3.8, 4) is 5.82 Å². The summed E-state index contributed by atoms with van der Waals surface area (Å²) >= 11 is 0. The number of nitrogens with zero attached hydrogens (tertiary/aromatic N) is 4. The van der Waals surface area contributed by atoms with Gasteiger partial charge in [0.05, 0.1) is 23.8 Å². The Bertz CT molecular complexity index is 1060. The number of esters is 1. The van der Waals surface area contributed by atoms with E-state index in [1.54, 1.807) is 17.8 Å². The van der Waals surface area contributed by atoms with Crippen molar-refractivity contribution < 1.29 is 14.3 Å². The van der Waals surface area contributed by atoms with E-state index in [0.29, 0.717) is 34.0 Å². The van der Waals surface area contributed by atoms with Gasteiger partial charge in [-0.1, -0.05) is 6.07 Å². The number of carbonyl (C=O) groups is 2. The monoisotopic (exact) mass is 379 g/mol. The standard InChI is InChI=1S/C20H21N5O3/c1-11-17-14(19(26)22-12(2)20(27)28-3)10-15(13-7-8-13)23-18(17)25(24-11)16-6-4-5-9-21-16/h4-6,9-10,12-13H,7-8H2,1-3H3,(H,22,26)/t12-/m0/s1. The molecule has 8 heteroatoms. The number of amides is 1. The van der Waals surface area contributed by atoms with E-state index >= 15 is 0 Å². The van der Waals surface area contributed by atoms with Gasteiger partial charge >= 0.3 is 5.97 Å². The lowest BCUT2D eigenvalue weighted by Crippen LogP contribution is -2.39. The minimum Gasteiger partial charge on any atom is -0.467 e. The Balaban J connectivity index is 1.85. The summed E-state index contributed by atoms with van der Waals surface area (Å²) < 4.78 is 6.37. The number of hydrogen-bond donors (Lipinski definition) is 1. The van der Waals surface area contributed by atoms with Crippen LogP contribution in [0.2, 0.25) is 0 Å². The molecule has 3 heterocycles. The molecular weight excluding hydrogens is 358 g/mol. The van der Waals surface area contributed by atoms with Crippen LogP contribution >= 0.6 is 0 Å². The SMILES string of the molecule is COC(=O)[C@H](C)NC(=O)c1cc(C2CC2)nc2c1c(C)nn2-c1ccccn1. The topological polar surface area (TPSA) is 99.0 Å². The molecule has 1 atom stereocenters. The molecule has 1 saturated carbocycles. The molecule has 1 aliphatic rings. The van der Waals surface area contributed by atoms with Crippen LogP contribution in [-0.4, -0.2) is 44.8 Å². The van der Waals surface area contributed by atoms with Crippen LogP contribution in [0.3, 0.4) is 0 Å². The van der Waals surface area contributed by atoms with Gasteiger partial charge in [-0.3, -0.25) is 4.79 Å². The highest BCUT2D eigenvalue weighted by atomic mass is 16.5. The van der Waals surface area contributed by atoms with Crippen molar-refractivity contribution in [3.05, 3.63) is 47.4 Å². The second kappa shape index (κ2) is 7.03. The summed E-state index contributed by atoms with van der Waals surface area (Å²) in [5.74, 6) is 0.134. The number of ether oxygens (including phenoxy) is 1. The zero-order chi connectivity index (χ0) is 19.8. The van der Waals surface area contributed by atoms with Crippen LogP contribution < -0.4 is 5.32 Å². The Labute approximate surface area is 161 Å². The molecule has 4 rings (SSSR count). The first-order valence-electron chi connectivity index (χ1n) is 9.20. The highest BCUT2D eigenvalue weighted by Gasteiger charge is 2.29. The lowest BCUT2D eigenvalue weighted by molar-refractivity contribution is -0.142.